The lowest BCUT2D eigenvalue weighted by Crippen LogP contribution is -2.43. The van der Waals surface area contributed by atoms with Crippen molar-refractivity contribution in [1.29, 1.82) is 0 Å². The third-order valence-corrected chi connectivity index (χ3v) is 5.04. The van der Waals surface area contributed by atoms with Crippen molar-refractivity contribution in [3.63, 3.8) is 0 Å². The molecule has 0 amide bonds. The van der Waals surface area contributed by atoms with Crippen LogP contribution in [0.2, 0.25) is 0 Å². The highest BCUT2D eigenvalue weighted by Crippen LogP contribution is 2.38. The van der Waals surface area contributed by atoms with Crippen LogP contribution in [-0.4, -0.2) is 44.7 Å². The highest BCUT2D eigenvalue weighted by molar-refractivity contribution is 5.43. The van der Waals surface area contributed by atoms with Gasteiger partial charge in [-0.05, 0) is 61.8 Å². The summed E-state index contributed by atoms with van der Waals surface area (Å²) < 4.78 is 5.55. The van der Waals surface area contributed by atoms with Gasteiger partial charge in [0.25, 0.3) is 0 Å². The Balaban J connectivity index is 1.57. The summed E-state index contributed by atoms with van der Waals surface area (Å²) in [5.74, 6) is 1.84. The van der Waals surface area contributed by atoms with E-state index in [0.29, 0.717) is 0 Å². The topological polar surface area (TPSA) is 24.5 Å². The van der Waals surface area contributed by atoms with Gasteiger partial charge in [-0.2, -0.15) is 0 Å². The van der Waals surface area contributed by atoms with Gasteiger partial charge in [-0.15, -0.1) is 0 Å². The molecular weight excluding hydrogens is 260 g/mol. The average molecular weight is 288 g/mol. The summed E-state index contributed by atoms with van der Waals surface area (Å²) in [6, 6.07) is 6.60. The smallest absolute Gasteiger partial charge is 0.122 e. The molecule has 1 saturated heterocycles. The molecule has 116 valence electrons. The Morgan fingerprint density at radius 1 is 1.29 bits per heavy atom. The molecule has 21 heavy (non-hydrogen) atoms. The van der Waals surface area contributed by atoms with Crippen molar-refractivity contribution in [2.75, 3.05) is 39.8 Å². The van der Waals surface area contributed by atoms with Crippen LogP contribution in [0.1, 0.15) is 42.7 Å². The molecule has 0 unspecified atom stereocenters. The van der Waals surface area contributed by atoms with Crippen molar-refractivity contribution in [2.45, 2.75) is 38.0 Å². The molecule has 0 spiro atoms. The fourth-order valence-electron chi connectivity index (χ4n) is 3.90. The van der Waals surface area contributed by atoms with E-state index in [2.05, 4.69) is 28.4 Å². The highest BCUT2D eigenvalue weighted by Gasteiger charge is 2.22. The molecule has 1 heterocycles. The number of hydrogen-bond acceptors (Lipinski definition) is 3. The Labute approximate surface area is 128 Å². The fraction of sp³-hybridized carbons (Fsp3) is 0.667. The van der Waals surface area contributed by atoms with E-state index in [1.54, 1.807) is 12.7 Å². The van der Waals surface area contributed by atoms with Crippen molar-refractivity contribution < 1.29 is 4.74 Å². The normalized spacial score (nSPS) is 22.8. The molecule has 1 aromatic carbocycles. The van der Waals surface area contributed by atoms with Crippen LogP contribution in [0.25, 0.3) is 0 Å². The van der Waals surface area contributed by atoms with Gasteiger partial charge in [-0.3, -0.25) is 0 Å². The minimum atomic E-state index is 0.742. The second kappa shape index (κ2) is 7.28. The van der Waals surface area contributed by atoms with Crippen molar-refractivity contribution in [3.8, 4) is 5.75 Å². The van der Waals surface area contributed by atoms with Gasteiger partial charge in [0, 0.05) is 26.2 Å². The summed E-state index contributed by atoms with van der Waals surface area (Å²) in [4.78, 5) is 2.60. The number of ether oxygens (including phenoxy) is 1. The molecule has 3 heteroatoms. The summed E-state index contributed by atoms with van der Waals surface area (Å²) in [5.41, 5.74) is 3.03. The van der Waals surface area contributed by atoms with Crippen LogP contribution in [0.3, 0.4) is 0 Å². The number of benzene rings is 1. The second-order valence-corrected chi connectivity index (χ2v) is 6.35. The first kappa shape index (κ1) is 14.9. The number of nitrogens with zero attached hydrogens (tertiary/aromatic N) is 1. The predicted octanol–water partition coefficient (Wildman–Crippen LogP) is 2.80. The second-order valence-electron chi connectivity index (χ2n) is 6.35. The molecule has 0 bridgehead atoms. The lowest BCUT2D eigenvalue weighted by atomic mass is 9.80. The third-order valence-electron chi connectivity index (χ3n) is 5.04. The van der Waals surface area contributed by atoms with Gasteiger partial charge in [-0.25, -0.2) is 0 Å². The zero-order valence-corrected chi connectivity index (χ0v) is 13.2. The standard InChI is InChI=1S/C18H28N2O/c1-21-18-9-3-7-16-15(5-2-8-17(16)18)6-4-12-20-13-10-19-11-14-20/h3,7,9,15,19H,2,4-6,8,10-14H2,1H3/t15-/m1/s1. The zero-order chi connectivity index (χ0) is 14.5. The van der Waals surface area contributed by atoms with Crippen molar-refractivity contribution in [3.05, 3.63) is 29.3 Å². The van der Waals surface area contributed by atoms with Gasteiger partial charge >= 0.3 is 0 Å². The van der Waals surface area contributed by atoms with Crippen molar-refractivity contribution in [2.24, 2.45) is 0 Å². The predicted molar refractivity (Wildman–Crippen MR) is 87.2 cm³/mol. The molecule has 1 aliphatic heterocycles. The number of methoxy groups -OCH3 is 1. The van der Waals surface area contributed by atoms with E-state index in [9.17, 15) is 0 Å². The maximum Gasteiger partial charge on any atom is 0.122 e. The molecule has 1 atom stereocenters. The fourth-order valence-corrected chi connectivity index (χ4v) is 3.90. The summed E-state index contributed by atoms with van der Waals surface area (Å²) in [6.07, 6.45) is 6.49. The summed E-state index contributed by atoms with van der Waals surface area (Å²) in [7, 11) is 1.80. The Bertz CT molecular complexity index is 455. The first-order chi connectivity index (χ1) is 10.4. The number of hydrogen-bond donors (Lipinski definition) is 1. The molecule has 1 aliphatic carbocycles. The third kappa shape index (κ3) is 3.58. The lowest BCUT2D eigenvalue weighted by molar-refractivity contribution is 0.233. The van der Waals surface area contributed by atoms with Gasteiger partial charge in [0.15, 0.2) is 0 Å². The van der Waals surface area contributed by atoms with Gasteiger partial charge in [0.2, 0.25) is 0 Å². The first-order valence-electron chi connectivity index (χ1n) is 8.47. The Morgan fingerprint density at radius 3 is 2.95 bits per heavy atom. The quantitative estimate of drug-likeness (QED) is 0.901. The SMILES string of the molecule is COc1cccc2c1CCC[C@@H]2CCCN1CCNCC1. The number of fused-ring (bicyclic) bond motifs is 1. The molecule has 0 radical (unpaired) electrons. The number of rotatable bonds is 5. The minimum Gasteiger partial charge on any atom is -0.496 e. The van der Waals surface area contributed by atoms with Gasteiger partial charge < -0.3 is 15.0 Å². The van der Waals surface area contributed by atoms with Crippen LogP contribution in [-0.2, 0) is 6.42 Å². The highest BCUT2D eigenvalue weighted by atomic mass is 16.5. The van der Waals surface area contributed by atoms with Crippen LogP contribution in [0.15, 0.2) is 18.2 Å². The molecule has 1 fully saturated rings. The average Bonchev–Trinajstić information content (AvgIpc) is 2.55. The van der Waals surface area contributed by atoms with Crippen LogP contribution < -0.4 is 10.1 Å². The zero-order valence-electron chi connectivity index (χ0n) is 13.2. The van der Waals surface area contributed by atoms with Crippen LogP contribution >= 0.6 is 0 Å². The molecule has 2 aliphatic rings. The molecular formula is C18H28N2O. The molecule has 1 aromatic rings. The van der Waals surface area contributed by atoms with Gasteiger partial charge in [0.05, 0.1) is 7.11 Å². The van der Waals surface area contributed by atoms with E-state index in [1.165, 1.54) is 57.3 Å². The van der Waals surface area contributed by atoms with E-state index in [1.807, 2.05) is 0 Å². The molecule has 3 nitrogen and oxygen atoms in total. The van der Waals surface area contributed by atoms with Crippen LogP contribution in [0.4, 0.5) is 0 Å². The lowest BCUT2D eigenvalue weighted by Gasteiger charge is -2.30. The maximum atomic E-state index is 5.55. The number of piperazine rings is 1. The van der Waals surface area contributed by atoms with Crippen LogP contribution in [0, 0.1) is 0 Å². The Morgan fingerprint density at radius 2 is 2.14 bits per heavy atom. The summed E-state index contributed by atoms with van der Waals surface area (Å²) in [5, 5.41) is 3.42. The van der Waals surface area contributed by atoms with E-state index < -0.39 is 0 Å². The van der Waals surface area contributed by atoms with E-state index in [-0.39, 0.29) is 0 Å². The largest absolute Gasteiger partial charge is 0.496 e. The van der Waals surface area contributed by atoms with Crippen molar-refractivity contribution >= 4 is 0 Å². The van der Waals surface area contributed by atoms with Crippen LogP contribution in [0.5, 0.6) is 5.75 Å². The van der Waals surface area contributed by atoms with E-state index in [4.69, 9.17) is 4.74 Å². The molecule has 1 N–H and O–H groups in total. The maximum absolute atomic E-state index is 5.55. The minimum absolute atomic E-state index is 0.742. The molecule has 0 aromatic heterocycles. The summed E-state index contributed by atoms with van der Waals surface area (Å²) >= 11 is 0. The van der Waals surface area contributed by atoms with E-state index in [0.717, 1.165) is 24.8 Å². The molecule has 3 rings (SSSR count). The number of nitrogens with one attached hydrogen (secondary N) is 1. The Hall–Kier alpha value is -1.06. The van der Waals surface area contributed by atoms with Gasteiger partial charge in [0.1, 0.15) is 5.75 Å². The monoisotopic (exact) mass is 288 g/mol. The molecule has 0 saturated carbocycles. The van der Waals surface area contributed by atoms with Crippen molar-refractivity contribution in [1.82, 2.24) is 10.2 Å². The first-order valence-corrected chi connectivity index (χ1v) is 8.47. The summed E-state index contributed by atoms with van der Waals surface area (Å²) in [6.45, 7) is 6.01. The van der Waals surface area contributed by atoms with Gasteiger partial charge in [-0.1, -0.05) is 12.1 Å². The Kier molecular flexibility index (Phi) is 5.15. The van der Waals surface area contributed by atoms with E-state index >= 15 is 0 Å².